The Bertz CT molecular complexity index is 491. The smallest absolute Gasteiger partial charge is 0.210 e. The van der Waals surface area contributed by atoms with Gasteiger partial charge in [0.05, 0.1) is 5.75 Å². The Labute approximate surface area is 119 Å². The van der Waals surface area contributed by atoms with Gasteiger partial charge in [-0.15, -0.1) is 11.8 Å². The zero-order valence-corrected chi connectivity index (χ0v) is 12.5. The summed E-state index contributed by atoms with van der Waals surface area (Å²) in [6, 6.07) is 10.4. The molecule has 0 saturated carbocycles. The molecule has 0 aliphatic carbocycles. The number of nitrogens with two attached hydrogens (primary N) is 1. The third-order valence-electron chi connectivity index (χ3n) is 3.31. The van der Waals surface area contributed by atoms with E-state index in [1.165, 1.54) is 4.90 Å². The predicted molar refractivity (Wildman–Crippen MR) is 79.7 cm³/mol. The van der Waals surface area contributed by atoms with E-state index in [2.05, 4.69) is 17.0 Å². The summed E-state index contributed by atoms with van der Waals surface area (Å²) in [5, 5.41) is 5.14. The predicted octanol–water partition coefficient (Wildman–Crippen LogP) is 1.53. The highest BCUT2D eigenvalue weighted by molar-refractivity contribution is 7.99. The van der Waals surface area contributed by atoms with Gasteiger partial charge in [-0.05, 0) is 31.5 Å². The van der Waals surface area contributed by atoms with Gasteiger partial charge in [0.15, 0.2) is 0 Å². The summed E-state index contributed by atoms with van der Waals surface area (Å²) in [5.74, 6) is 1.06. The van der Waals surface area contributed by atoms with Gasteiger partial charge in [-0.25, -0.2) is 13.6 Å². The molecule has 0 amide bonds. The van der Waals surface area contributed by atoms with Crippen LogP contribution in [0.15, 0.2) is 35.2 Å². The minimum Gasteiger partial charge on any atom is -0.298 e. The molecule has 0 radical (unpaired) electrons. The highest BCUT2D eigenvalue weighted by atomic mass is 32.2. The van der Waals surface area contributed by atoms with Crippen molar-refractivity contribution in [3.8, 4) is 0 Å². The zero-order chi connectivity index (χ0) is 13.7. The number of nitrogens with zero attached hydrogens (tertiary/aromatic N) is 1. The number of benzene rings is 1. The first-order valence-corrected chi connectivity index (χ1v) is 9.17. The minimum absolute atomic E-state index is 0.0863. The van der Waals surface area contributed by atoms with Crippen LogP contribution in [0, 0.1) is 0 Å². The van der Waals surface area contributed by atoms with E-state index in [1.54, 1.807) is 11.8 Å². The molecule has 0 spiro atoms. The molecule has 1 unspecified atom stereocenters. The minimum atomic E-state index is -3.37. The molecule has 1 aromatic carbocycles. The Hall–Kier alpha value is -0.560. The van der Waals surface area contributed by atoms with E-state index in [9.17, 15) is 8.42 Å². The van der Waals surface area contributed by atoms with Crippen LogP contribution in [0.25, 0.3) is 0 Å². The average molecular weight is 300 g/mol. The van der Waals surface area contributed by atoms with Crippen molar-refractivity contribution >= 4 is 21.8 Å². The number of likely N-dealkylation sites (tertiary alicyclic amines) is 1. The number of hydrogen-bond donors (Lipinski definition) is 1. The van der Waals surface area contributed by atoms with Gasteiger partial charge in [0.25, 0.3) is 0 Å². The van der Waals surface area contributed by atoms with Crippen LogP contribution >= 0.6 is 11.8 Å². The summed E-state index contributed by atoms with van der Waals surface area (Å²) in [6.45, 7) is 1.90. The lowest BCUT2D eigenvalue weighted by Gasteiger charge is -2.23. The van der Waals surface area contributed by atoms with Crippen LogP contribution in [0.3, 0.4) is 0 Å². The van der Waals surface area contributed by atoms with E-state index in [0.29, 0.717) is 0 Å². The molecule has 4 nitrogen and oxygen atoms in total. The summed E-state index contributed by atoms with van der Waals surface area (Å²) in [4.78, 5) is 3.50. The molecule has 1 atom stereocenters. The van der Waals surface area contributed by atoms with Gasteiger partial charge >= 0.3 is 0 Å². The maximum absolute atomic E-state index is 11.2. The molecular formula is C13H20N2O2S2. The Morgan fingerprint density at radius 2 is 2.05 bits per heavy atom. The van der Waals surface area contributed by atoms with Gasteiger partial charge in [0, 0.05) is 23.2 Å². The monoisotopic (exact) mass is 300 g/mol. The van der Waals surface area contributed by atoms with Crippen LogP contribution in [0.4, 0.5) is 0 Å². The Balaban J connectivity index is 1.79. The first kappa shape index (κ1) is 14.8. The van der Waals surface area contributed by atoms with Crippen molar-refractivity contribution in [2.45, 2.75) is 23.8 Å². The molecule has 19 heavy (non-hydrogen) atoms. The van der Waals surface area contributed by atoms with E-state index >= 15 is 0 Å². The second-order valence-corrected chi connectivity index (χ2v) is 7.65. The molecule has 1 fully saturated rings. The maximum atomic E-state index is 11.2. The highest BCUT2D eigenvalue weighted by Gasteiger charge is 2.27. The fraction of sp³-hybridized carbons (Fsp3) is 0.538. The molecule has 0 bridgehead atoms. The van der Waals surface area contributed by atoms with E-state index < -0.39 is 10.0 Å². The largest absolute Gasteiger partial charge is 0.298 e. The summed E-state index contributed by atoms with van der Waals surface area (Å²) in [6.07, 6.45) is 2.00. The van der Waals surface area contributed by atoms with Crippen molar-refractivity contribution in [1.29, 1.82) is 0 Å². The Morgan fingerprint density at radius 3 is 2.74 bits per heavy atom. The lowest BCUT2D eigenvalue weighted by atomic mass is 10.2. The Morgan fingerprint density at radius 1 is 1.32 bits per heavy atom. The van der Waals surface area contributed by atoms with Crippen molar-refractivity contribution < 1.29 is 8.42 Å². The summed E-state index contributed by atoms with van der Waals surface area (Å²) in [7, 11) is -3.37. The molecular weight excluding hydrogens is 280 g/mol. The van der Waals surface area contributed by atoms with Gasteiger partial charge in [0.2, 0.25) is 10.0 Å². The highest BCUT2D eigenvalue weighted by Crippen LogP contribution is 2.21. The quantitative estimate of drug-likeness (QED) is 0.809. The van der Waals surface area contributed by atoms with Gasteiger partial charge in [-0.2, -0.15) is 0 Å². The van der Waals surface area contributed by atoms with Crippen LogP contribution in [0.2, 0.25) is 0 Å². The summed E-state index contributed by atoms with van der Waals surface area (Å²) < 4.78 is 22.3. The fourth-order valence-electron chi connectivity index (χ4n) is 2.44. The van der Waals surface area contributed by atoms with E-state index in [1.807, 2.05) is 18.2 Å². The van der Waals surface area contributed by atoms with Crippen LogP contribution in [-0.2, 0) is 10.0 Å². The molecule has 1 heterocycles. The van der Waals surface area contributed by atoms with Crippen molar-refractivity contribution in [2.24, 2.45) is 5.14 Å². The number of rotatable bonds is 6. The van der Waals surface area contributed by atoms with Crippen molar-refractivity contribution in [3.63, 3.8) is 0 Å². The molecule has 2 rings (SSSR count). The summed E-state index contributed by atoms with van der Waals surface area (Å²) in [5.41, 5.74) is 0. The second-order valence-electron chi connectivity index (χ2n) is 4.82. The molecule has 2 N–H and O–H groups in total. The van der Waals surface area contributed by atoms with Crippen LogP contribution < -0.4 is 5.14 Å². The maximum Gasteiger partial charge on any atom is 0.210 e. The van der Waals surface area contributed by atoms with E-state index in [0.717, 1.165) is 31.7 Å². The van der Waals surface area contributed by atoms with Gasteiger partial charge < -0.3 is 0 Å². The van der Waals surface area contributed by atoms with Crippen molar-refractivity contribution in [3.05, 3.63) is 30.3 Å². The van der Waals surface area contributed by atoms with Crippen molar-refractivity contribution in [1.82, 2.24) is 4.90 Å². The first-order chi connectivity index (χ1) is 9.04. The lowest BCUT2D eigenvalue weighted by molar-refractivity contribution is 0.287. The number of primary sulfonamides is 1. The van der Waals surface area contributed by atoms with Gasteiger partial charge in [-0.1, -0.05) is 18.2 Å². The van der Waals surface area contributed by atoms with Crippen LogP contribution in [0.5, 0.6) is 0 Å². The average Bonchev–Trinajstić information content (AvgIpc) is 2.76. The fourth-order valence-corrected chi connectivity index (χ4v) is 4.27. The van der Waals surface area contributed by atoms with Crippen molar-refractivity contribution in [2.75, 3.05) is 24.6 Å². The molecule has 1 aliphatic heterocycles. The standard InChI is InChI=1S/C13H20N2O2S2/c14-19(16,17)11-12-5-4-8-15(12)9-10-18-13-6-2-1-3-7-13/h1-3,6-7,12H,4-5,8-11H2,(H2,14,16,17). The first-order valence-electron chi connectivity index (χ1n) is 6.47. The molecule has 6 heteroatoms. The van der Waals surface area contributed by atoms with E-state index in [4.69, 9.17) is 5.14 Å². The SMILES string of the molecule is NS(=O)(=O)CC1CCCN1CCSc1ccccc1. The molecule has 0 aromatic heterocycles. The van der Waals surface area contributed by atoms with E-state index in [-0.39, 0.29) is 11.8 Å². The second kappa shape index (κ2) is 6.74. The third-order valence-corrected chi connectivity index (χ3v) is 5.16. The lowest BCUT2D eigenvalue weighted by Crippen LogP contribution is -2.38. The molecule has 1 saturated heterocycles. The summed E-state index contributed by atoms with van der Waals surface area (Å²) >= 11 is 1.80. The Kier molecular flexibility index (Phi) is 5.27. The third kappa shape index (κ3) is 5.14. The molecule has 1 aliphatic rings. The zero-order valence-electron chi connectivity index (χ0n) is 10.9. The normalized spacial score (nSPS) is 20.8. The topological polar surface area (TPSA) is 63.4 Å². The van der Waals surface area contributed by atoms with Gasteiger partial charge in [0.1, 0.15) is 0 Å². The number of sulfonamides is 1. The molecule has 106 valence electrons. The van der Waals surface area contributed by atoms with Crippen LogP contribution in [0.1, 0.15) is 12.8 Å². The number of hydrogen-bond acceptors (Lipinski definition) is 4. The number of thioether (sulfide) groups is 1. The van der Waals surface area contributed by atoms with Gasteiger partial charge in [-0.3, -0.25) is 4.90 Å². The van der Waals surface area contributed by atoms with Crippen LogP contribution in [-0.4, -0.2) is 44.0 Å². The molecule has 1 aromatic rings.